The van der Waals surface area contributed by atoms with Gasteiger partial charge in [0.25, 0.3) is 0 Å². The molecule has 0 radical (unpaired) electrons. The van der Waals surface area contributed by atoms with Gasteiger partial charge < -0.3 is 14.6 Å². The quantitative estimate of drug-likeness (QED) is 0.550. The van der Waals surface area contributed by atoms with Crippen LogP contribution in [0.4, 0.5) is 5.69 Å². The molecule has 1 saturated heterocycles. The molecule has 1 aromatic heterocycles. The van der Waals surface area contributed by atoms with Crippen LogP contribution >= 0.6 is 11.8 Å². The van der Waals surface area contributed by atoms with Crippen LogP contribution < -0.4 is 5.32 Å². The van der Waals surface area contributed by atoms with Gasteiger partial charge >= 0.3 is 0 Å². The highest BCUT2D eigenvalue weighted by Gasteiger charge is 2.21. The fraction of sp³-hybridized carbons (Fsp3) is 0.583. The lowest BCUT2D eigenvalue weighted by Crippen LogP contribution is -2.19. The molecular weight excluding hydrogens is 394 g/mol. The lowest BCUT2D eigenvalue weighted by atomic mass is 9.92. The van der Waals surface area contributed by atoms with Crippen LogP contribution in [0.5, 0.6) is 0 Å². The molecule has 1 amide bonds. The lowest BCUT2D eigenvalue weighted by Gasteiger charge is -2.20. The van der Waals surface area contributed by atoms with E-state index in [0.29, 0.717) is 17.6 Å². The first-order valence-corrected chi connectivity index (χ1v) is 12.0. The number of rotatable bonds is 8. The highest BCUT2D eigenvalue weighted by molar-refractivity contribution is 7.99. The van der Waals surface area contributed by atoms with Gasteiger partial charge in [0.1, 0.15) is 0 Å². The number of carbonyl (C=O) groups is 1. The summed E-state index contributed by atoms with van der Waals surface area (Å²) in [5.74, 6) is 1.05. The van der Waals surface area contributed by atoms with Crippen molar-refractivity contribution in [2.24, 2.45) is 0 Å². The van der Waals surface area contributed by atoms with Crippen LogP contribution in [0.15, 0.2) is 23.4 Å². The van der Waals surface area contributed by atoms with Crippen LogP contribution in [-0.2, 0) is 16.1 Å². The molecule has 6 heteroatoms. The summed E-state index contributed by atoms with van der Waals surface area (Å²) in [6.45, 7) is 14.4. The van der Waals surface area contributed by atoms with Crippen molar-refractivity contribution in [1.82, 2.24) is 9.55 Å². The minimum Gasteiger partial charge on any atom is -0.376 e. The van der Waals surface area contributed by atoms with Gasteiger partial charge in [0.2, 0.25) is 5.91 Å². The Morgan fingerprint density at radius 3 is 2.47 bits per heavy atom. The molecule has 2 aromatic rings. The highest BCUT2D eigenvalue weighted by atomic mass is 32.2. The van der Waals surface area contributed by atoms with Gasteiger partial charge in [-0.25, -0.2) is 4.98 Å². The maximum absolute atomic E-state index is 12.9. The van der Waals surface area contributed by atoms with E-state index in [2.05, 4.69) is 62.7 Å². The van der Waals surface area contributed by atoms with Crippen LogP contribution in [0.25, 0.3) is 0 Å². The first kappa shape index (κ1) is 22.9. The molecular formula is C24H35N3O2S. The van der Waals surface area contributed by atoms with Gasteiger partial charge in [-0.3, -0.25) is 4.79 Å². The third-order valence-corrected chi connectivity index (χ3v) is 6.78. The van der Waals surface area contributed by atoms with Crippen molar-refractivity contribution in [3.8, 4) is 0 Å². The molecule has 1 N–H and O–H groups in total. The number of hydrogen-bond donors (Lipinski definition) is 1. The number of aryl methyl sites for hydroxylation is 1. The van der Waals surface area contributed by atoms with E-state index in [1.165, 1.54) is 22.9 Å². The maximum Gasteiger partial charge on any atom is 0.234 e. The Hall–Kier alpha value is -1.79. The van der Waals surface area contributed by atoms with E-state index in [1.54, 1.807) is 0 Å². The van der Waals surface area contributed by atoms with E-state index in [4.69, 9.17) is 9.72 Å². The van der Waals surface area contributed by atoms with E-state index in [-0.39, 0.29) is 12.0 Å². The molecule has 1 aromatic carbocycles. The minimum absolute atomic E-state index is 0.0111. The average Bonchev–Trinajstić information content (AvgIpc) is 3.30. The van der Waals surface area contributed by atoms with Crippen molar-refractivity contribution in [2.75, 3.05) is 17.7 Å². The summed E-state index contributed by atoms with van der Waals surface area (Å²) in [6.07, 6.45) is 2.46. The first-order valence-electron chi connectivity index (χ1n) is 11.0. The molecule has 0 spiro atoms. The summed E-state index contributed by atoms with van der Waals surface area (Å²) in [6, 6.07) is 6.31. The van der Waals surface area contributed by atoms with E-state index < -0.39 is 0 Å². The fourth-order valence-corrected chi connectivity index (χ4v) is 4.84. The molecule has 1 atom stereocenters. The molecule has 5 nitrogen and oxygen atoms in total. The number of hydrogen-bond acceptors (Lipinski definition) is 4. The van der Waals surface area contributed by atoms with Crippen LogP contribution in [0.2, 0.25) is 0 Å². The Labute approximate surface area is 185 Å². The summed E-state index contributed by atoms with van der Waals surface area (Å²) < 4.78 is 8.03. The van der Waals surface area contributed by atoms with E-state index in [0.717, 1.165) is 48.2 Å². The van der Waals surface area contributed by atoms with Gasteiger partial charge in [-0.05, 0) is 49.7 Å². The summed E-state index contributed by atoms with van der Waals surface area (Å²) in [4.78, 5) is 17.6. The number of nitrogens with zero attached hydrogens (tertiary/aromatic N) is 2. The molecule has 2 heterocycles. The third kappa shape index (κ3) is 5.27. The number of amides is 1. The van der Waals surface area contributed by atoms with Crippen molar-refractivity contribution < 1.29 is 9.53 Å². The minimum atomic E-state index is 0.0111. The Morgan fingerprint density at radius 2 is 1.90 bits per heavy atom. The van der Waals surface area contributed by atoms with Gasteiger partial charge in [-0.1, -0.05) is 57.7 Å². The number of nitrogens with one attached hydrogen (secondary N) is 1. The second-order valence-electron chi connectivity index (χ2n) is 8.77. The lowest BCUT2D eigenvalue weighted by molar-refractivity contribution is -0.113. The number of para-hydroxylation sites is 1. The summed E-state index contributed by atoms with van der Waals surface area (Å²) in [5, 5.41) is 4.10. The van der Waals surface area contributed by atoms with Crippen molar-refractivity contribution in [3.05, 3.63) is 40.7 Å². The van der Waals surface area contributed by atoms with E-state index >= 15 is 0 Å². The molecule has 0 saturated carbocycles. The van der Waals surface area contributed by atoms with E-state index in [1.807, 2.05) is 6.92 Å². The van der Waals surface area contributed by atoms with Crippen molar-refractivity contribution in [2.45, 2.75) is 84.0 Å². The molecule has 3 rings (SSSR count). The number of carbonyl (C=O) groups excluding carboxylic acids is 1. The van der Waals surface area contributed by atoms with Crippen molar-refractivity contribution in [1.29, 1.82) is 0 Å². The summed E-state index contributed by atoms with van der Waals surface area (Å²) in [7, 11) is 0. The third-order valence-electron chi connectivity index (χ3n) is 5.80. The van der Waals surface area contributed by atoms with Crippen LogP contribution in [0.3, 0.4) is 0 Å². The number of thioether (sulfide) groups is 1. The largest absolute Gasteiger partial charge is 0.376 e. The molecule has 1 aliphatic heterocycles. The fourth-order valence-electron chi connectivity index (χ4n) is 3.94. The number of aromatic nitrogens is 2. The van der Waals surface area contributed by atoms with E-state index in [9.17, 15) is 4.79 Å². The van der Waals surface area contributed by atoms with Crippen LogP contribution in [-0.4, -0.2) is 33.9 Å². The monoisotopic (exact) mass is 429 g/mol. The van der Waals surface area contributed by atoms with Gasteiger partial charge in [0.05, 0.1) is 24.1 Å². The van der Waals surface area contributed by atoms with Crippen LogP contribution in [0, 0.1) is 13.8 Å². The average molecular weight is 430 g/mol. The molecule has 164 valence electrons. The highest BCUT2D eigenvalue weighted by Crippen LogP contribution is 2.33. The zero-order valence-electron chi connectivity index (χ0n) is 19.1. The number of benzene rings is 1. The summed E-state index contributed by atoms with van der Waals surface area (Å²) >= 11 is 1.51. The second-order valence-corrected chi connectivity index (χ2v) is 9.71. The smallest absolute Gasteiger partial charge is 0.234 e. The van der Waals surface area contributed by atoms with Crippen molar-refractivity contribution in [3.63, 3.8) is 0 Å². The molecule has 1 unspecified atom stereocenters. The second kappa shape index (κ2) is 10.0. The Balaban J connectivity index is 1.72. The Morgan fingerprint density at radius 1 is 1.23 bits per heavy atom. The molecule has 0 bridgehead atoms. The zero-order chi connectivity index (χ0) is 21.8. The summed E-state index contributed by atoms with van der Waals surface area (Å²) in [5.41, 5.74) is 5.52. The molecule has 1 aliphatic rings. The standard InChI is InChI=1S/C24H35N3O2S/c1-15(2)20-10-7-11-21(16(3)4)23(20)26-22(28)14-30-24-25-17(5)18(6)27(24)13-19-9-8-12-29-19/h7,10-11,15-16,19H,8-9,12-14H2,1-6H3,(H,26,28). The van der Waals surface area contributed by atoms with Crippen LogP contribution in [0.1, 0.15) is 74.9 Å². The Bertz CT molecular complexity index is 857. The SMILES string of the molecule is Cc1nc(SCC(=O)Nc2c(C(C)C)cccc2C(C)C)n(CC2CCCO2)c1C. The predicted molar refractivity (Wildman–Crippen MR) is 125 cm³/mol. The molecule has 0 aliphatic carbocycles. The predicted octanol–water partition coefficient (Wildman–Crippen LogP) is 5.66. The van der Waals surface area contributed by atoms with Gasteiger partial charge in [-0.2, -0.15) is 0 Å². The maximum atomic E-state index is 12.9. The first-order chi connectivity index (χ1) is 14.3. The zero-order valence-corrected chi connectivity index (χ0v) is 19.9. The normalized spacial score (nSPS) is 16.6. The molecule has 30 heavy (non-hydrogen) atoms. The number of ether oxygens (including phenoxy) is 1. The molecule has 1 fully saturated rings. The topological polar surface area (TPSA) is 56.2 Å². The van der Waals surface area contributed by atoms with Gasteiger partial charge in [-0.15, -0.1) is 0 Å². The van der Waals surface area contributed by atoms with Crippen molar-refractivity contribution >= 4 is 23.4 Å². The Kier molecular flexibility index (Phi) is 7.64. The van der Waals surface area contributed by atoms with Gasteiger partial charge in [0.15, 0.2) is 5.16 Å². The van der Waals surface area contributed by atoms with Gasteiger partial charge in [0, 0.05) is 18.0 Å². The number of imidazole rings is 1. The number of anilines is 1.